The molecule has 7 nitrogen and oxygen atoms in total. The Bertz CT molecular complexity index is 886. The van der Waals surface area contributed by atoms with E-state index in [1.54, 1.807) is 20.3 Å². The molecular weight excluding hydrogens is 332 g/mol. The van der Waals surface area contributed by atoms with Gasteiger partial charge in [-0.25, -0.2) is 4.98 Å². The zero-order chi connectivity index (χ0) is 18.4. The van der Waals surface area contributed by atoms with Gasteiger partial charge in [-0.1, -0.05) is 12.1 Å². The first-order chi connectivity index (χ1) is 12.7. The lowest BCUT2D eigenvalue weighted by atomic mass is 10.2. The Balaban J connectivity index is 1.95. The van der Waals surface area contributed by atoms with Crippen molar-refractivity contribution in [3.05, 3.63) is 42.5 Å². The number of para-hydroxylation sites is 1. The first-order valence-electron chi connectivity index (χ1n) is 8.35. The van der Waals surface area contributed by atoms with Crippen molar-refractivity contribution < 1.29 is 14.6 Å². The molecule has 26 heavy (non-hydrogen) atoms. The fourth-order valence-corrected chi connectivity index (χ4v) is 2.58. The smallest absolute Gasteiger partial charge is 0.229 e. The second-order valence-corrected chi connectivity index (χ2v) is 5.61. The van der Waals surface area contributed by atoms with Gasteiger partial charge >= 0.3 is 0 Å². The van der Waals surface area contributed by atoms with Gasteiger partial charge in [0.15, 0.2) is 0 Å². The highest BCUT2D eigenvalue weighted by Crippen LogP contribution is 2.31. The molecule has 0 aliphatic heterocycles. The lowest BCUT2D eigenvalue weighted by Gasteiger charge is -2.14. The summed E-state index contributed by atoms with van der Waals surface area (Å²) in [6, 6.07) is 13.3. The molecule has 0 spiro atoms. The number of ether oxygens (including phenoxy) is 2. The number of hydrogen-bond acceptors (Lipinski definition) is 7. The van der Waals surface area contributed by atoms with Gasteiger partial charge in [-0.15, -0.1) is 0 Å². The van der Waals surface area contributed by atoms with E-state index in [1.807, 2.05) is 36.4 Å². The minimum Gasteiger partial charge on any atom is -0.497 e. The third-order valence-corrected chi connectivity index (χ3v) is 3.89. The minimum absolute atomic E-state index is 0.129. The highest BCUT2D eigenvalue weighted by molar-refractivity contribution is 5.90. The lowest BCUT2D eigenvalue weighted by Crippen LogP contribution is -2.08. The largest absolute Gasteiger partial charge is 0.497 e. The van der Waals surface area contributed by atoms with Gasteiger partial charge in [0, 0.05) is 24.6 Å². The molecule has 3 N–H and O–H groups in total. The first-order valence-corrected chi connectivity index (χ1v) is 8.35. The Hall–Kier alpha value is -3.06. The number of aliphatic hydroxyl groups is 1. The van der Waals surface area contributed by atoms with Crippen LogP contribution in [0.2, 0.25) is 0 Å². The molecule has 0 unspecified atom stereocenters. The van der Waals surface area contributed by atoms with Crippen LogP contribution in [0.4, 0.5) is 17.5 Å². The Morgan fingerprint density at radius 3 is 2.65 bits per heavy atom. The highest BCUT2D eigenvalue weighted by atomic mass is 16.5. The summed E-state index contributed by atoms with van der Waals surface area (Å²) in [5.41, 5.74) is 1.56. The molecule has 0 fully saturated rings. The van der Waals surface area contributed by atoms with Crippen molar-refractivity contribution in [1.29, 1.82) is 0 Å². The Morgan fingerprint density at radius 2 is 1.88 bits per heavy atom. The van der Waals surface area contributed by atoms with Crippen LogP contribution in [0.5, 0.6) is 11.5 Å². The van der Waals surface area contributed by atoms with Gasteiger partial charge in [0.2, 0.25) is 5.95 Å². The topological polar surface area (TPSA) is 88.5 Å². The van der Waals surface area contributed by atoms with E-state index in [0.717, 1.165) is 22.4 Å². The van der Waals surface area contributed by atoms with E-state index >= 15 is 0 Å². The number of fused-ring (bicyclic) bond motifs is 1. The van der Waals surface area contributed by atoms with Crippen LogP contribution < -0.4 is 20.1 Å². The van der Waals surface area contributed by atoms with Crippen LogP contribution in [0.25, 0.3) is 10.9 Å². The number of nitrogens with zero attached hydrogens (tertiary/aromatic N) is 2. The average Bonchev–Trinajstić information content (AvgIpc) is 2.68. The van der Waals surface area contributed by atoms with Gasteiger partial charge in [-0.2, -0.15) is 4.98 Å². The summed E-state index contributed by atoms with van der Waals surface area (Å²) in [7, 11) is 3.21. The van der Waals surface area contributed by atoms with Crippen LogP contribution in [0, 0.1) is 0 Å². The van der Waals surface area contributed by atoms with E-state index in [0.29, 0.717) is 30.4 Å². The molecule has 0 atom stereocenters. The number of hydrogen-bond donors (Lipinski definition) is 3. The minimum atomic E-state index is 0.129. The number of rotatable bonds is 8. The van der Waals surface area contributed by atoms with Crippen molar-refractivity contribution in [2.45, 2.75) is 6.42 Å². The molecule has 1 aromatic heterocycles. The van der Waals surface area contributed by atoms with Crippen molar-refractivity contribution in [3.63, 3.8) is 0 Å². The molecule has 7 heteroatoms. The predicted molar refractivity (Wildman–Crippen MR) is 103 cm³/mol. The van der Waals surface area contributed by atoms with E-state index in [1.165, 1.54) is 0 Å². The van der Waals surface area contributed by atoms with Crippen LogP contribution >= 0.6 is 0 Å². The highest BCUT2D eigenvalue weighted by Gasteiger charge is 2.10. The van der Waals surface area contributed by atoms with E-state index in [9.17, 15) is 0 Å². The second kappa shape index (κ2) is 8.35. The number of benzene rings is 2. The molecule has 2 aromatic carbocycles. The van der Waals surface area contributed by atoms with Gasteiger partial charge in [-0.3, -0.25) is 0 Å². The Kier molecular flexibility index (Phi) is 5.70. The quantitative estimate of drug-likeness (QED) is 0.535. The van der Waals surface area contributed by atoms with Crippen molar-refractivity contribution in [3.8, 4) is 11.5 Å². The number of nitrogens with one attached hydrogen (secondary N) is 2. The van der Waals surface area contributed by atoms with Gasteiger partial charge in [0.05, 0.1) is 25.4 Å². The third-order valence-electron chi connectivity index (χ3n) is 3.89. The van der Waals surface area contributed by atoms with Crippen LogP contribution in [-0.2, 0) is 0 Å². The second-order valence-electron chi connectivity index (χ2n) is 5.61. The normalized spacial score (nSPS) is 10.6. The molecular formula is C19H22N4O3. The molecule has 0 amide bonds. The molecule has 1 heterocycles. The number of aromatic nitrogens is 2. The summed E-state index contributed by atoms with van der Waals surface area (Å²) in [5.74, 6) is 2.52. The fourth-order valence-electron chi connectivity index (χ4n) is 2.58. The SMILES string of the molecule is COc1ccc(Nc2nc(NCCCO)c3ccccc3n2)c(OC)c1. The Labute approximate surface area is 152 Å². The van der Waals surface area contributed by atoms with Gasteiger partial charge in [0.1, 0.15) is 17.3 Å². The molecule has 0 saturated carbocycles. The molecule has 136 valence electrons. The van der Waals surface area contributed by atoms with Crippen LogP contribution in [0.1, 0.15) is 6.42 Å². The summed E-state index contributed by atoms with van der Waals surface area (Å²) in [6.45, 7) is 0.757. The van der Waals surface area contributed by atoms with Crippen molar-refractivity contribution in [2.75, 3.05) is 38.0 Å². The van der Waals surface area contributed by atoms with E-state index in [4.69, 9.17) is 14.6 Å². The summed E-state index contributed by atoms with van der Waals surface area (Å²) in [4.78, 5) is 9.16. The van der Waals surface area contributed by atoms with Crippen molar-refractivity contribution in [1.82, 2.24) is 9.97 Å². The molecule has 0 aliphatic carbocycles. The van der Waals surface area contributed by atoms with E-state index in [-0.39, 0.29) is 6.61 Å². The number of methoxy groups -OCH3 is 2. The van der Waals surface area contributed by atoms with E-state index < -0.39 is 0 Å². The zero-order valence-electron chi connectivity index (χ0n) is 14.8. The number of aliphatic hydroxyl groups excluding tert-OH is 1. The van der Waals surface area contributed by atoms with Gasteiger partial charge < -0.3 is 25.2 Å². The van der Waals surface area contributed by atoms with Gasteiger partial charge in [-0.05, 0) is 30.7 Å². The maximum atomic E-state index is 9.00. The molecule has 0 aliphatic rings. The predicted octanol–water partition coefficient (Wildman–Crippen LogP) is 3.18. The summed E-state index contributed by atoms with van der Waals surface area (Å²) in [5, 5.41) is 16.4. The van der Waals surface area contributed by atoms with Gasteiger partial charge in [0.25, 0.3) is 0 Å². The monoisotopic (exact) mass is 354 g/mol. The molecule has 0 bridgehead atoms. The maximum Gasteiger partial charge on any atom is 0.229 e. The standard InChI is InChI=1S/C19H22N4O3/c1-25-13-8-9-16(17(12-13)26-2)22-19-21-15-7-4-3-6-14(15)18(23-19)20-10-5-11-24/h3-4,6-9,12,24H,5,10-11H2,1-2H3,(H2,20,21,22,23). The van der Waals surface area contributed by atoms with E-state index in [2.05, 4.69) is 20.6 Å². The maximum absolute atomic E-state index is 9.00. The summed E-state index contributed by atoms with van der Waals surface area (Å²) < 4.78 is 10.6. The third kappa shape index (κ3) is 3.94. The van der Waals surface area contributed by atoms with Crippen LogP contribution in [-0.4, -0.2) is 42.4 Å². The first kappa shape index (κ1) is 17.8. The molecule has 3 rings (SSSR count). The zero-order valence-corrected chi connectivity index (χ0v) is 14.8. The van der Waals surface area contributed by atoms with Crippen molar-refractivity contribution >= 4 is 28.4 Å². The lowest BCUT2D eigenvalue weighted by molar-refractivity contribution is 0.292. The molecule has 3 aromatic rings. The van der Waals surface area contributed by atoms with Crippen LogP contribution in [0.15, 0.2) is 42.5 Å². The summed E-state index contributed by atoms with van der Waals surface area (Å²) >= 11 is 0. The fraction of sp³-hybridized carbons (Fsp3) is 0.263. The summed E-state index contributed by atoms with van der Waals surface area (Å²) in [6.07, 6.45) is 0.646. The molecule has 0 saturated heterocycles. The van der Waals surface area contributed by atoms with Crippen molar-refractivity contribution in [2.24, 2.45) is 0 Å². The average molecular weight is 354 g/mol. The van der Waals surface area contributed by atoms with Crippen LogP contribution in [0.3, 0.4) is 0 Å². The Morgan fingerprint density at radius 1 is 1.04 bits per heavy atom. The molecule has 0 radical (unpaired) electrons. The number of anilines is 3.